The lowest BCUT2D eigenvalue weighted by atomic mass is 9.98. The molecule has 0 N–H and O–H groups in total. The first-order valence-corrected chi connectivity index (χ1v) is 9.02. The number of thiophene rings is 1. The summed E-state index contributed by atoms with van der Waals surface area (Å²) in [4.78, 5) is 27.5. The fraction of sp³-hybridized carbons (Fsp3) is 0.444. The van der Waals surface area contributed by atoms with Gasteiger partial charge in [0, 0.05) is 38.3 Å². The number of carbonyl (C=O) groups excluding carboxylic acids is 2. The van der Waals surface area contributed by atoms with Gasteiger partial charge < -0.3 is 9.47 Å². The predicted octanol–water partition coefficient (Wildman–Crippen LogP) is 3.80. The van der Waals surface area contributed by atoms with Crippen molar-refractivity contribution in [2.75, 3.05) is 6.54 Å². The minimum atomic E-state index is 0.0702. The maximum absolute atomic E-state index is 12.7. The number of piperidine rings is 1. The van der Waals surface area contributed by atoms with Crippen LogP contribution in [0.15, 0.2) is 35.8 Å². The number of rotatable bonds is 5. The van der Waals surface area contributed by atoms with Crippen molar-refractivity contribution in [3.8, 4) is 0 Å². The molecule has 0 spiro atoms. The van der Waals surface area contributed by atoms with E-state index in [2.05, 4.69) is 10.6 Å². The first-order chi connectivity index (χ1) is 11.2. The van der Waals surface area contributed by atoms with E-state index in [9.17, 15) is 9.59 Å². The van der Waals surface area contributed by atoms with E-state index < -0.39 is 0 Å². The molecule has 0 bridgehead atoms. The molecule has 23 heavy (non-hydrogen) atoms. The average Bonchev–Trinajstić information content (AvgIpc) is 3.23. The molecule has 0 aromatic carbocycles. The molecule has 1 aliphatic rings. The summed E-state index contributed by atoms with van der Waals surface area (Å²) in [5, 5.41) is 1.89. The molecular formula is C18H22N2O2S. The monoisotopic (exact) mass is 330 g/mol. The zero-order valence-electron chi connectivity index (χ0n) is 13.4. The molecule has 0 unspecified atom stereocenters. The van der Waals surface area contributed by atoms with Crippen molar-refractivity contribution >= 4 is 23.0 Å². The highest BCUT2D eigenvalue weighted by Crippen LogP contribution is 2.31. The number of likely N-dealkylation sites (tertiary alicyclic amines) is 1. The number of hydrogen-bond donors (Lipinski definition) is 0. The molecule has 2 aromatic rings. The Kier molecular flexibility index (Phi) is 4.96. The lowest BCUT2D eigenvalue weighted by molar-refractivity contribution is -0.135. The molecule has 1 aliphatic heterocycles. The second-order valence-corrected chi connectivity index (χ2v) is 6.99. The number of Topliss-reactive ketones (excluding diaryl/α,β-unsaturated/α-hetero) is 1. The SMILES string of the molecule is Cn1cccc1[C@H]1CCCCN1C(=O)CCC(=O)c1cccs1. The Hall–Kier alpha value is -1.88. The molecular weight excluding hydrogens is 308 g/mol. The quantitative estimate of drug-likeness (QED) is 0.783. The Morgan fingerprint density at radius 3 is 2.78 bits per heavy atom. The molecule has 1 fully saturated rings. The predicted molar refractivity (Wildman–Crippen MR) is 91.6 cm³/mol. The summed E-state index contributed by atoms with van der Waals surface area (Å²) in [5.74, 6) is 0.168. The number of nitrogens with zero attached hydrogens (tertiary/aromatic N) is 2. The van der Waals surface area contributed by atoms with Crippen molar-refractivity contribution in [3.63, 3.8) is 0 Å². The van der Waals surface area contributed by atoms with Crippen LogP contribution in [0.3, 0.4) is 0 Å². The number of ketones is 1. The highest BCUT2D eigenvalue weighted by atomic mass is 32.1. The lowest BCUT2D eigenvalue weighted by Crippen LogP contribution is -2.39. The highest BCUT2D eigenvalue weighted by molar-refractivity contribution is 7.12. The molecule has 2 aromatic heterocycles. The highest BCUT2D eigenvalue weighted by Gasteiger charge is 2.29. The van der Waals surface area contributed by atoms with Crippen molar-refractivity contribution in [1.29, 1.82) is 0 Å². The van der Waals surface area contributed by atoms with E-state index in [-0.39, 0.29) is 17.7 Å². The minimum absolute atomic E-state index is 0.0702. The lowest BCUT2D eigenvalue weighted by Gasteiger charge is -2.36. The Morgan fingerprint density at radius 1 is 1.22 bits per heavy atom. The third-order valence-corrected chi connectivity index (χ3v) is 5.42. The van der Waals surface area contributed by atoms with Crippen molar-refractivity contribution in [1.82, 2.24) is 9.47 Å². The molecule has 3 heterocycles. The van der Waals surface area contributed by atoms with Crippen LogP contribution in [0.1, 0.15) is 53.5 Å². The molecule has 0 saturated carbocycles. The standard InChI is InChI=1S/C18H22N2O2S/c1-19-11-4-7-14(19)15-6-2-3-12-20(15)18(22)10-9-16(21)17-8-5-13-23-17/h4-5,7-8,11,13,15H,2-3,6,9-10,12H2,1H3/t15-/m1/s1. The van der Waals surface area contributed by atoms with E-state index in [1.54, 1.807) is 0 Å². The fourth-order valence-electron chi connectivity index (χ4n) is 3.28. The molecule has 4 nitrogen and oxygen atoms in total. The largest absolute Gasteiger partial charge is 0.353 e. The molecule has 1 amide bonds. The van der Waals surface area contributed by atoms with E-state index >= 15 is 0 Å². The molecule has 1 atom stereocenters. The molecule has 0 aliphatic carbocycles. The summed E-state index contributed by atoms with van der Waals surface area (Å²) in [6.07, 6.45) is 5.82. The van der Waals surface area contributed by atoms with Gasteiger partial charge in [-0.3, -0.25) is 9.59 Å². The minimum Gasteiger partial charge on any atom is -0.353 e. The first kappa shape index (κ1) is 16.0. The smallest absolute Gasteiger partial charge is 0.223 e. The number of aryl methyl sites for hydroxylation is 1. The van der Waals surface area contributed by atoms with E-state index in [0.717, 1.165) is 30.7 Å². The van der Waals surface area contributed by atoms with E-state index in [1.165, 1.54) is 17.0 Å². The van der Waals surface area contributed by atoms with E-state index in [1.807, 2.05) is 41.7 Å². The van der Waals surface area contributed by atoms with Crippen molar-refractivity contribution in [3.05, 3.63) is 46.4 Å². The van der Waals surface area contributed by atoms with Gasteiger partial charge in [-0.2, -0.15) is 0 Å². The molecule has 0 radical (unpaired) electrons. The Morgan fingerprint density at radius 2 is 2.09 bits per heavy atom. The van der Waals surface area contributed by atoms with Gasteiger partial charge in [0.15, 0.2) is 5.78 Å². The van der Waals surface area contributed by atoms with Crippen LogP contribution in [0, 0.1) is 0 Å². The van der Waals surface area contributed by atoms with Crippen molar-refractivity contribution < 1.29 is 9.59 Å². The van der Waals surface area contributed by atoms with Gasteiger partial charge in [-0.25, -0.2) is 0 Å². The van der Waals surface area contributed by atoms with E-state index in [4.69, 9.17) is 0 Å². The molecule has 3 rings (SSSR count). The summed E-state index contributed by atoms with van der Waals surface area (Å²) < 4.78 is 2.09. The van der Waals surface area contributed by atoms with Crippen LogP contribution in [0.2, 0.25) is 0 Å². The molecule has 122 valence electrons. The second-order valence-electron chi connectivity index (χ2n) is 6.04. The van der Waals surface area contributed by atoms with Gasteiger partial charge in [-0.1, -0.05) is 6.07 Å². The van der Waals surface area contributed by atoms with Crippen LogP contribution in [0.4, 0.5) is 0 Å². The van der Waals surface area contributed by atoms with Gasteiger partial charge >= 0.3 is 0 Å². The third-order valence-electron chi connectivity index (χ3n) is 4.51. The van der Waals surface area contributed by atoms with Crippen LogP contribution >= 0.6 is 11.3 Å². The van der Waals surface area contributed by atoms with Gasteiger partial charge in [0.2, 0.25) is 5.91 Å². The van der Waals surface area contributed by atoms with Gasteiger partial charge in [0.05, 0.1) is 10.9 Å². The van der Waals surface area contributed by atoms with Gasteiger partial charge in [0.25, 0.3) is 0 Å². The third kappa shape index (κ3) is 3.55. The normalized spacial score (nSPS) is 18.1. The summed E-state index contributed by atoms with van der Waals surface area (Å²) in [6, 6.07) is 7.95. The van der Waals surface area contributed by atoms with Crippen LogP contribution in [0.5, 0.6) is 0 Å². The van der Waals surface area contributed by atoms with Crippen molar-refractivity contribution in [2.45, 2.75) is 38.1 Å². The number of carbonyl (C=O) groups is 2. The Bertz CT molecular complexity index is 675. The summed E-state index contributed by atoms with van der Waals surface area (Å²) >= 11 is 1.44. The summed E-state index contributed by atoms with van der Waals surface area (Å²) in [5.41, 5.74) is 1.18. The van der Waals surface area contributed by atoms with Crippen molar-refractivity contribution in [2.24, 2.45) is 7.05 Å². The molecule has 1 saturated heterocycles. The van der Waals surface area contributed by atoms with Gasteiger partial charge in [0.1, 0.15) is 0 Å². The first-order valence-electron chi connectivity index (χ1n) is 8.14. The van der Waals surface area contributed by atoms with Gasteiger partial charge in [-0.05, 0) is 42.8 Å². The number of aromatic nitrogens is 1. The maximum Gasteiger partial charge on any atom is 0.223 e. The summed E-state index contributed by atoms with van der Waals surface area (Å²) in [6.45, 7) is 0.794. The average molecular weight is 330 g/mol. The van der Waals surface area contributed by atoms with Crippen LogP contribution < -0.4 is 0 Å². The zero-order chi connectivity index (χ0) is 16.2. The maximum atomic E-state index is 12.7. The summed E-state index contributed by atoms with van der Waals surface area (Å²) in [7, 11) is 2.02. The zero-order valence-corrected chi connectivity index (χ0v) is 14.2. The van der Waals surface area contributed by atoms with Gasteiger partial charge in [-0.15, -0.1) is 11.3 Å². The van der Waals surface area contributed by atoms with Crippen LogP contribution in [-0.2, 0) is 11.8 Å². The molecule has 5 heteroatoms. The van der Waals surface area contributed by atoms with Crippen LogP contribution in [-0.4, -0.2) is 27.7 Å². The van der Waals surface area contributed by atoms with Crippen LogP contribution in [0.25, 0.3) is 0 Å². The second kappa shape index (κ2) is 7.13. The number of hydrogen-bond acceptors (Lipinski definition) is 3. The topological polar surface area (TPSA) is 42.3 Å². The fourth-order valence-corrected chi connectivity index (χ4v) is 3.98. The number of amides is 1. The Balaban J connectivity index is 1.65. The Labute approximate surface area is 140 Å². The van der Waals surface area contributed by atoms with E-state index in [0.29, 0.717) is 12.8 Å².